The first-order chi connectivity index (χ1) is 26.7. The molecule has 5 amide bonds. The van der Waals surface area contributed by atoms with Gasteiger partial charge in [-0.2, -0.15) is 0 Å². The highest BCUT2D eigenvalue weighted by Gasteiger charge is 2.30. The Morgan fingerprint density at radius 3 is 1.62 bits per heavy atom. The molecule has 1 aliphatic rings. The van der Waals surface area contributed by atoms with E-state index in [-0.39, 0.29) is 49.0 Å². The van der Waals surface area contributed by atoms with Gasteiger partial charge in [0.25, 0.3) is 0 Å². The monoisotopic (exact) mass is 771 g/mol. The van der Waals surface area contributed by atoms with Crippen molar-refractivity contribution in [1.29, 1.82) is 0 Å². The van der Waals surface area contributed by atoms with E-state index >= 15 is 0 Å². The Bertz CT molecular complexity index is 1490. The molecule has 0 radical (unpaired) electrons. The van der Waals surface area contributed by atoms with Crippen LogP contribution in [0.4, 0.5) is 16.2 Å². The van der Waals surface area contributed by atoms with Crippen LogP contribution in [0, 0.1) is 0 Å². The molecule has 2 aromatic carbocycles. The second-order valence-corrected chi connectivity index (χ2v) is 12.7. The number of nitrogens with one attached hydrogen (secondary N) is 5. The summed E-state index contributed by atoms with van der Waals surface area (Å²) in [5, 5.41) is 13.8. The van der Waals surface area contributed by atoms with Crippen LogP contribution in [0.5, 0.6) is 0 Å². The van der Waals surface area contributed by atoms with Crippen molar-refractivity contribution in [1.82, 2.24) is 16.0 Å². The number of methoxy groups -OCH3 is 2. The minimum atomic E-state index is -0.541. The fourth-order valence-corrected chi connectivity index (χ4v) is 5.56. The van der Waals surface area contributed by atoms with Crippen molar-refractivity contribution in [2.24, 2.45) is 0 Å². The Hall–Kier alpha value is -4.57. The molecule has 0 saturated heterocycles. The number of hydrogen-bond donors (Lipinski definition) is 5. The maximum absolute atomic E-state index is 12.6. The predicted octanol–water partition coefficient (Wildman–Crippen LogP) is 4.74. The van der Waals surface area contributed by atoms with Crippen LogP contribution in [0.3, 0.4) is 0 Å². The van der Waals surface area contributed by atoms with E-state index in [1.807, 2.05) is 50.2 Å². The summed E-state index contributed by atoms with van der Waals surface area (Å²) in [6.45, 7) is 8.54. The van der Waals surface area contributed by atoms with Crippen LogP contribution >= 0.6 is 0 Å². The molecule has 1 atom stereocenters. The summed E-state index contributed by atoms with van der Waals surface area (Å²) in [5.41, 5.74) is 5.08. The first-order valence-corrected chi connectivity index (χ1v) is 19.1. The first kappa shape index (κ1) is 46.6. The molecule has 3 rings (SSSR count). The summed E-state index contributed by atoms with van der Waals surface area (Å²) in [7, 11) is 4.81. The average molecular weight is 772 g/mol. The molecule has 0 bridgehead atoms. The molecule has 0 fully saturated rings. The molecule has 55 heavy (non-hydrogen) atoms. The largest absolute Gasteiger partial charge is 0.449 e. The van der Waals surface area contributed by atoms with Crippen molar-refractivity contribution < 1.29 is 47.7 Å². The number of amides is 5. The lowest BCUT2D eigenvalue weighted by Crippen LogP contribution is -2.27. The minimum absolute atomic E-state index is 0.0589. The van der Waals surface area contributed by atoms with Gasteiger partial charge < -0.3 is 50.3 Å². The van der Waals surface area contributed by atoms with Gasteiger partial charge in [-0.15, -0.1) is 0 Å². The maximum atomic E-state index is 12.6. The quantitative estimate of drug-likeness (QED) is 0.0882. The van der Waals surface area contributed by atoms with Crippen LogP contribution in [0.2, 0.25) is 0 Å². The van der Waals surface area contributed by atoms with Crippen molar-refractivity contribution in [3.8, 4) is 11.1 Å². The number of carbonyl (C=O) groups is 5. The Kier molecular flexibility index (Phi) is 23.7. The van der Waals surface area contributed by atoms with E-state index in [4.69, 9.17) is 23.7 Å². The molecular formula is C40H61N5O10. The number of benzene rings is 2. The average Bonchev–Trinajstić information content (AvgIpc) is 3.48. The lowest BCUT2D eigenvalue weighted by molar-refractivity contribution is -0.122. The lowest BCUT2D eigenvalue weighted by atomic mass is 9.97. The van der Waals surface area contributed by atoms with Gasteiger partial charge in [-0.25, -0.2) is 4.79 Å². The number of fused-ring (bicyclic) bond motifs is 3. The number of alkyl carbamates (subject to hydrolysis) is 1. The fourth-order valence-electron chi connectivity index (χ4n) is 5.56. The molecule has 5 N–H and O–H groups in total. The summed E-state index contributed by atoms with van der Waals surface area (Å²) in [6.07, 6.45) is 3.73. The number of carbonyl (C=O) groups excluding carboxylic acids is 5. The molecule has 0 aliphatic heterocycles. The van der Waals surface area contributed by atoms with E-state index in [2.05, 4.69) is 26.6 Å². The van der Waals surface area contributed by atoms with Crippen LogP contribution < -0.4 is 26.6 Å². The van der Waals surface area contributed by atoms with Crippen molar-refractivity contribution in [3.05, 3.63) is 47.5 Å². The zero-order chi connectivity index (χ0) is 40.3. The van der Waals surface area contributed by atoms with Gasteiger partial charge in [0.15, 0.2) is 0 Å². The third-order valence-corrected chi connectivity index (χ3v) is 8.31. The van der Waals surface area contributed by atoms with E-state index in [9.17, 15) is 24.0 Å². The third kappa shape index (κ3) is 18.5. The van der Waals surface area contributed by atoms with Crippen LogP contribution in [0.25, 0.3) is 11.1 Å². The van der Waals surface area contributed by atoms with Crippen molar-refractivity contribution in [3.63, 3.8) is 0 Å². The topological polar surface area (TPSA) is 192 Å². The standard InChI is InChI=1S/C31H42N4O7.C9H19NO3/c1-4-7-29(37)34-21-10-12-23-24-13-11-22(19-26(24)27(25(23)18-21)20-42-31(39)32-2)35-30(38)9-5-8-28(36)33-14-17-41-16-6-15-40-3;1-3-9(11)10-5-8-13-7-4-6-12-2/h10-13,18-19,27H,4-9,14-17,20H2,1-3H3,(H,32,39)(H,33,36)(H,34,37)(H,35,38);3-8H2,1-2H3,(H,10,11). The number of hydrogen-bond acceptors (Lipinski definition) is 10. The summed E-state index contributed by atoms with van der Waals surface area (Å²) in [5.74, 6) is -0.585. The zero-order valence-corrected chi connectivity index (χ0v) is 33.1. The van der Waals surface area contributed by atoms with Crippen molar-refractivity contribution in [2.45, 2.75) is 71.1 Å². The van der Waals surface area contributed by atoms with E-state index < -0.39 is 6.09 Å². The Morgan fingerprint density at radius 1 is 0.618 bits per heavy atom. The molecular weight excluding hydrogens is 710 g/mol. The molecule has 0 heterocycles. The number of rotatable bonds is 25. The van der Waals surface area contributed by atoms with Crippen LogP contribution in [-0.2, 0) is 42.9 Å². The molecule has 2 aromatic rings. The smallest absolute Gasteiger partial charge is 0.406 e. The highest BCUT2D eigenvalue weighted by molar-refractivity contribution is 5.94. The van der Waals surface area contributed by atoms with Gasteiger partial charge in [0.05, 0.1) is 13.2 Å². The van der Waals surface area contributed by atoms with E-state index in [0.29, 0.717) is 76.8 Å². The normalized spacial score (nSPS) is 12.3. The van der Waals surface area contributed by atoms with Gasteiger partial charge in [-0.1, -0.05) is 26.0 Å². The van der Waals surface area contributed by atoms with Crippen LogP contribution in [0.15, 0.2) is 36.4 Å². The van der Waals surface area contributed by atoms with Crippen LogP contribution in [0.1, 0.15) is 82.3 Å². The molecule has 0 aromatic heterocycles. The molecule has 0 saturated carbocycles. The summed E-state index contributed by atoms with van der Waals surface area (Å²) < 4.78 is 25.9. The fraction of sp³-hybridized carbons (Fsp3) is 0.575. The maximum Gasteiger partial charge on any atom is 0.406 e. The van der Waals surface area contributed by atoms with E-state index in [0.717, 1.165) is 48.1 Å². The highest BCUT2D eigenvalue weighted by atomic mass is 16.5. The van der Waals surface area contributed by atoms with Gasteiger partial charge in [0, 0.05) is 104 Å². The summed E-state index contributed by atoms with van der Waals surface area (Å²) in [4.78, 5) is 59.5. The zero-order valence-electron chi connectivity index (χ0n) is 33.1. The second-order valence-electron chi connectivity index (χ2n) is 12.7. The van der Waals surface area contributed by atoms with E-state index in [1.54, 1.807) is 14.2 Å². The second kappa shape index (κ2) is 27.9. The molecule has 1 aliphatic carbocycles. The highest BCUT2D eigenvalue weighted by Crippen LogP contribution is 2.47. The minimum Gasteiger partial charge on any atom is -0.449 e. The number of anilines is 2. The molecule has 15 nitrogen and oxygen atoms in total. The molecule has 1 unspecified atom stereocenters. The summed E-state index contributed by atoms with van der Waals surface area (Å²) >= 11 is 0. The molecule has 15 heteroatoms. The predicted molar refractivity (Wildman–Crippen MR) is 211 cm³/mol. The van der Waals surface area contributed by atoms with E-state index in [1.165, 1.54) is 7.05 Å². The van der Waals surface area contributed by atoms with Gasteiger partial charge >= 0.3 is 6.09 Å². The third-order valence-electron chi connectivity index (χ3n) is 8.31. The Morgan fingerprint density at radius 2 is 1.13 bits per heavy atom. The SMILES string of the molecule is CCC(=O)NCCOCCCOC.CCCC(=O)Nc1ccc2c(c1)C(COC(=O)NC)c1cc(NC(=O)CCCC(=O)NCCOCCCOC)ccc1-2. The Balaban J connectivity index is 0.000000685. The molecule has 0 spiro atoms. The summed E-state index contributed by atoms with van der Waals surface area (Å²) in [6, 6.07) is 11.4. The van der Waals surface area contributed by atoms with Crippen LogP contribution in [-0.4, -0.2) is 110 Å². The van der Waals surface area contributed by atoms with Gasteiger partial charge in [0.2, 0.25) is 23.6 Å². The number of ether oxygens (including phenoxy) is 5. The van der Waals surface area contributed by atoms with Crippen molar-refractivity contribution >= 4 is 41.1 Å². The molecule has 306 valence electrons. The first-order valence-electron chi connectivity index (χ1n) is 19.1. The lowest BCUT2D eigenvalue weighted by Gasteiger charge is -2.16. The van der Waals surface area contributed by atoms with Crippen molar-refractivity contribution in [2.75, 3.05) is 91.2 Å². The Labute approximate surface area is 325 Å². The van der Waals surface area contributed by atoms with Gasteiger partial charge in [-0.3, -0.25) is 19.2 Å². The van der Waals surface area contributed by atoms with Gasteiger partial charge in [0.1, 0.15) is 6.61 Å². The van der Waals surface area contributed by atoms with Gasteiger partial charge in [-0.05, 0) is 72.2 Å².